The van der Waals surface area contributed by atoms with Crippen LogP contribution in [0.15, 0.2) is 18.5 Å². The van der Waals surface area contributed by atoms with Crippen LogP contribution in [-0.4, -0.2) is 14.4 Å². The average Bonchev–Trinajstić information content (AvgIpc) is 2.43. The largest absolute Gasteiger partial charge is 0.288 e. The van der Waals surface area contributed by atoms with Crippen molar-refractivity contribution in [2.24, 2.45) is 0 Å². The molecule has 0 spiro atoms. The maximum absolute atomic E-state index is 4.59. The van der Waals surface area contributed by atoms with Gasteiger partial charge in [-0.2, -0.15) is 0 Å². The first-order valence-electron chi connectivity index (χ1n) is 5.16. The van der Waals surface area contributed by atoms with Crippen LogP contribution < -0.4 is 0 Å². The Bertz CT molecular complexity index is 468. The van der Waals surface area contributed by atoms with Gasteiger partial charge in [0.1, 0.15) is 0 Å². The molecule has 72 valence electrons. The number of hydrogen-bond acceptors (Lipinski definition) is 2. The summed E-state index contributed by atoms with van der Waals surface area (Å²) < 4.78 is 2.08. The summed E-state index contributed by atoms with van der Waals surface area (Å²) in [6.07, 6.45) is 7.78. The highest BCUT2D eigenvalue weighted by Gasteiger charge is 2.24. The topological polar surface area (TPSA) is 30.2 Å². The second-order valence-electron chi connectivity index (χ2n) is 4.00. The van der Waals surface area contributed by atoms with Crippen LogP contribution in [0.1, 0.15) is 36.6 Å². The highest BCUT2D eigenvalue weighted by Crippen LogP contribution is 2.37. The number of aryl methyl sites for hydroxylation is 1. The van der Waals surface area contributed by atoms with Crippen molar-refractivity contribution in [3.8, 4) is 0 Å². The lowest BCUT2D eigenvalue weighted by molar-refractivity contribution is 0.411. The molecular formula is C11H13N3. The van der Waals surface area contributed by atoms with Gasteiger partial charge in [0.25, 0.3) is 0 Å². The lowest BCUT2D eigenvalue weighted by Crippen LogP contribution is -2.10. The summed E-state index contributed by atoms with van der Waals surface area (Å²) in [5.74, 6) is 1.53. The van der Waals surface area contributed by atoms with Crippen molar-refractivity contribution < 1.29 is 0 Å². The van der Waals surface area contributed by atoms with Crippen molar-refractivity contribution in [3.05, 3.63) is 29.8 Å². The van der Waals surface area contributed by atoms with E-state index in [-0.39, 0.29) is 0 Å². The van der Waals surface area contributed by atoms with Gasteiger partial charge < -0.3 is 0 Å². The molecule has 1 saturated carbocycles. The third kappa shape index (κ3) is 0.983. The number of hydrogen-bond donors (Lipinski definition) is 0. The first-order valence-corrected chi connectivity index (χ1v) is 5.16. The normalized spacial score (nSPS) is 17.2. The van der Waals surface area contributed by atoms with Gasteiger partial charge in [0, 0.05) is 24.0 Å². The molecule has 0 amide bonds. The van der Waals surface area contributed by atoms with Crippen LogP contribution in [0.4, 0.5) is 0 Å². The minimum atomic E-state index is 0.691. The van der Waals surface area contributed by atoms with E-state index in [0.29, 0.717) is 5.92 Å². The zero-order valence-corrected chi connectivity index (χ0v) is 8.27. The van der Waals surface area contributed by atoms with Crippen LogP contribution in [0.2, 0.25) is 0 Å². The van der Waals surface area contributed by atoms with Crippen LogP contribution in [0.3, 0.4) is 0 Å². The summed E-state index contributed by atoms with van der Waals surface area (Å²) in [5.41, 5.74) is 2.52. The molecule has 0 unspecified atom stereocenters. The van der Waals surface area contributed by atoms with E-state index >= 15 is 0 Å². The molecule has 3 rings (SSSR count). The highest BCUT2D eigenvalue weighted by molar-refractivity contribution is 5.36. The van der Waals surface area contributed by atoms with Gasteiger partial charge >= 0.3 is 0 Å². The molecule has 1 fully saturated rings. The van der Waals surface area contributed by atoms with Crippen molar-refractivity contribution in [2.45, 2.75) is 32.1 Å². The van der Waals surface area contributed by atoms with Gasteiger partial charge in [-0.15, -0.1) is 0 Å². The van der Waals surface area contributed by atoms with E-state index in [1.807, 2.05) is 12.3 Å². The van der Waals surface area contributed by atoms with E-state index in [0.717, 1.165) is 5.78 Å². The standard InChI is InChI=1S/C11H13N3/c1-8-10(9-4-2-5-9)13-11-12-6-3-7-14(8)11/h3,6-7,9H,2,4-5H2,1H3. The number of nitrogens with zero attached hydrogens (tertiary/aromatic N) is 3. The third-order valence-electron chi connectivity index (χ3n) is 3.17. The number of fused-ring (bicyclic) bond motifs is 1. The van der Waals surface area contributed by atoms with E-state index < -0.39 is 0 Å². The maximum atomic E-state index is 4.59. The highest BCUT2D eigenvalue weighted by atomic mass is 15.1. The van der Waals surface area contributed by atoms with Crippen molar-refractivity contribution in [2.75, 3.05) is 0 Å². The van der Waals surface area contributed by atoms with Gasteiger partial charge in [-0.3, -0.25) is 4.40 Å². The summed E-state index contributed by atoms with van der Waals surface area (Å²) in [7, 11) is 0. The van der Waals surface area contributed by atoms with E-state index in [1.54, 1.807) is 6.20 Å². The molecule has 3 heteroatoms. The summed E-state index contributed by atoms with van der Waals surface area (Å²) in [5, 5.41) is 0. The zero-order chi connectivity index (χ0) is 9.54. The minimum absolute atomic E-state index is 0.691. The predicted octanol–water partition coefficient (Wildman–Crippen LogP) is 2.31. The maximum Gasteiger partial charge on any atom is 0.234 e. The quantitative estimate of drug-likeness (QED) is 0.685. The van der Waals surface area contributed by atoms with E-state index in [2.05, 4.69) is 21.3 Å². The smallest absolute Gasteiger partial charge is 0.234 e. The molecular weight excluding hydrogens is 174 g/mol. The van der Waals surface area contributed by atoms with E-state index in [1.165, 1.54) is 30.7 Å². The van der Waals surface area contributed by atoms with Crippen molar-refractivity contribution >= 4 is 5.78 Å². The summed E-state index contributed by atoms with van der Waals surface area (Å²) >= 11 is 0. The van der Waals surface area contributed by atoms with Crippen LogP contribution in [0, 0.1) is 6.92 Å². The number of imidazole rings is 1. The lowest BCUT2D eigenvalue weighted by atomic mass is 9.82. The number of aromatic nitrogens is 3. The molecule has 0 radical (unpaired) electrons. The Balaban J connectivity index is 2.19. The fourth-order valence-electron chi connectivity index (χ4n) is 2.09. The second kappa shape index (κ2) is 2.80. The molecule has 2 aromatic heterocycles. The molecule has 1 aliphatic carbocycles. The molecule has 2 heterocycles. The average molecular weight is 187 g/mol. The Hall–Kier alpha value is -1.38. The van der Waals surface area contributed by atoms with Crippen molar-refractivity contribution in [3.63, 3.8) is 0 Å². The lowest BCUT2D eigenvalue weighted by Gasteiger charge is -2.23. The Morgan fingerprint density at radius 1 is 1.43 bits per heavy atom. The SMILES string of the molecule is Cc1c(C2CCC2)nc2ncccn12. The van der Waals surface area contributed by atoms with Crippen LogP contribution in [0.5, 0.6) is 0 Å². The molecule has 14 heavy (non-hydrogen) atoms. The summed E-state index contributed by atoms with van der Waals surface area (Å²) in [6, 6.07) is 1.95. The fourth-order valence-corrected chi connectivity index (χ4v) is 2.09. The van der Waals surface area contributed by atoms with Gasteiger partial charge in [0.15, 0.2) is 0 Å². The van der Waals surface area contributed by atoms with Crippen LogP contribution in [0.25, 0.3) is 5.78 Å². The van der Waals surface area contributed by atoms with Gasteiger partial charge in [-0.25, -0.2) is 9.97 Å². The first-order chi connectivity index (χ1) is 6.86. The predicted molar refractivity (Wildman–Crippen MR) is 54.3 cm³/mol. The Morgan fingerprint density at radius 2 is 2.29 bits per heavy atom. The molecule has 0 atom stereocenters. The Kier molecular flexibility index (Phi) is 1.60. The van der Waals surface area contributed by atoms with Gasteiger partial charge in [-0.05, 0) is 25.8 Å². The third-order valence-corrected chi connectivity index (χ3v) is 3.17. The molecule has 0 aromatic carbocycles. The van der Waals surface area contributed by atoms with Crippen molar-refractivity contribution in [1.82, 2.24) is 14.4 Å². The second-order valence-corrected chi connectivity index (χ2v) is 4.00. The van der Waals surface area contributed by atoms with Gasteiger partial charge in [-0.1, -0.05) is 6.42 Å². The van der Waals surface area contributed by atoms with Gasteiger partial charge in [0.2, 0.25) is 5.78 Å². The fraction of sp³-hybridized carbons (Fsp3) is 0.455. The van der Waals surface area contributed by atoms with Crippen molar-refractivity contribution in [1.29, 1.82) is 0 Å². The Labute approximate surface area is 82.8 Å². The monoisotopic (exact) mass is 187 g/mol. The van der Waals surface area contributed by atoms with Gasteiger partial charge in [0.05, 0.1) is 5.69 Å². The summed E-state index contributed by atoms with van der Waals surface area (Å²) in [6.45, 7) is 2.13. The van der Waals surface area contributed by atoms with Crippen LogP contribution >= 0.6 is 0 Å². The minimum Gasteiger partial charge on any atom is -0.288 e. The molecule has 0 N–H and O–H groups in total. The van der Waals surface area contributed by atoms with E-state index in [9.17, 15) is 0 Å². The molecule has 2 aromatic rings. The zero-order valence-electron chi connectivity index (χ0n) is 8.27. The molecule has 3 nitrogen and oxygen atoms in total. The number of rotatable bonds is 1. The van der Waals surface area contributed by atoms with Crippen LogP contribution in [-0.2, 0) is 0 Å². The van der Waals surface area contributed by atoms with E-state index in [4.69, 9.17) is 0 Å². The molecule has 0 saturated heterocycles. The first kappa shape index (κ1) is 7.97. The molecule has 0 bridgehead atoms. The molecule has 1 aliphatic rings. The molecule has 0 aliphatic heterocycles. The summed E-state index contributed by atoms with van der Waals surface area (Å²) in [4.78, 5) is 8.84. The Morgan fingerprint density at radius 3 is 2.93 bits per heavy atom.